The Bertz CT molecular complexity index is 688. The number of fused-ring (bicyclic) bond motifs is 1. The van der Waals surface area contributed by atoms with Gasteiger partial charge < -0.3 is 0 Å². The van der Waals surface area contributed by atoms with Crippen molar-refractivity contribution in [2.24, 2.45) is 0 Å². The number of nitrogens with zero attached hydrogens (tertiary/aromatic N) is 3. The molecule has 0 aliphatic heterocycles. The maximum absolute atomic E-state index is 7.64. The van der Waals surface area contributed by atoms with Crippen LogP contribution >= 0.6 is 0 Å². The van der Waals surface area contributed by atoms with Crippen molar-refractivity contribution in [1.29, 1.82) is 0 Å². The lowest BCUT2D eigenvalue weighted by molar-refractivity contribution is 0.895. The van der Waals surface area contributed by atoms with E-state index in [0.29, 0.717) is 6.04 Å². The van der Waals surface area contributed by atoms with Gasteiger partial charge in [0.2, 0.25) is 0 Å². The van der Waals surface area contributed by atoms with Crippen LogP contribution < -0.4 is 0 Å². The van der Waals surface area contributed by atoms with Gasteiger partial charge >= 0.3 is 0 Å². The third-order valence-corrected chi connectivity index (χ3v) is 2.61. The van der Waals surface area contributed by atoms with Crippen LogP contribution in [0.1, 0.15) is 7.06 Å². The predicted octanol–water partition coefficient (Wildman–Crippen LogP) is 2.70. The first-order valence-corrected chi connectivity index (χ1v) is 5.12. The number of aryl methyl sites for hydroxylation is 1. The minimum atomic E-state index is 0.495. The van der Waals surface area contributed by atoms with Gasteiger partial charge in [-0.15, -0.1) is 0 Å². The van der Waals surface area contributed by atoms with Gasteiger partial charge in [-0.05, 0) is 18.6 Å². The molecule has 16 heavy (non-hydrogen) atoms. The molecule has 0 saturated heterocycles. The standard InChI is InChI=1S/C13H11N3/c1-10-7-8-14-13-12(9-15-16(10)13)11-5-3-2-4-6-11/h2-9H,1H3/i3T. The molecule has 0 atom stereocenters. The van der Waals surface area contributed by atoms with Crippen LogP contribution in [0.3, 0.4) is 0 Å². The lowest BCUT2D eigenvalue weighted by atomic mass is 10.1. The van der Waals surface area contributed by atoms with Crippen molar-refractivity contribution in [1.82, 2.24) is 14.6 Å². The quantitative estimate of drug-likeness (QED) is 0.619. The zero-order valence-electron chi connectivity index (χ0n) is 9.88. The lowest BCUT2D eigenvalue weighted by Crippen LogP contribution is -1.94. The van der Waals surface area contributed by atoms with E-state index in [4.69, 9.17) is 1.37 Å². The Morgan fingerprint density at radius 2 is 2.19 bits per heavy atom. The Kier molecular flexibility index (Phi) is 1.74. The lowest BCUT2D eigenvalue weighted by Gasteiger charge is -1.99. The van der Waals surface area contributed by atoms with Gasteiger partial charge in [0.1, 0.15) is 0 Å². The molecule has 1 aromatic carbocycles. The van der Waals surface area contributed by atoms with Crippen LogP contribution in [0.5, 0.6) is 0 Å². The summed E-state index contributed by atoms with van der Waals surface area (Å²) >= 11 is 0. The maximum atomic E-state index is 7.64. The SMILES string of the molecule is [3H]c1cccc(-c2cnn3c(C)ccnc23)c1. The molecule has 3 nitrogen and oxygen atoms in total. The topological polar surface area (TPSA) is 30.2 Å². The first-order valence-electron chi connectivity index (χ1n) is 5.62. The number of hydrogen-bond donors (Lipinski definition) is 0. The van der Waals surface area contributed by atoms with Crippen molar-refractivity contribution in [3.05, 3.63) is 54.5 Å². The van der Waals surface area contributed by atoms with Gasteiger partial charge in [0.05, 0.1) is 7.57 Å². The minimum absolute atomic E-state index is 0.495. The van der Waals surface area contributed by atoms with E-state index in [2.05, 4.69) is 10.1 Å². The van der Waals surface area contributed by atoms with Crippen LogP contribution in [0.2, 0.25) is 0 Å². The van der Waals surface area contributed by atoms with Gasteiger partial charge in [0, 0.05) is 17.5 Å². The molecule has 0 unspecified atom stereocenters. The second-order valence-corrected chi connectivity index (χ2v) is 3.67. The summed E-state index contributed by atoms with van der Waals surface area (Å²) in [4.78, 5) is 4.35. The normalized spacial score (nSPS) is 11.7. The van der Waals surface area contributed by atoms with Crippen LogP contribution in [0, 0.1) is 6.92 Å². The second kappa shape index (κ2) is 3.45. The summed E-state index contributed by atoms with van der Waals surface area (Å²) in [6, 6.07) is 9.84. The summed E-state index contributed by atoms with van der Waals surface area (Å²) in [6.45, 7) is 1.99. The van der Waals surface area contributed by atoms with Gasteiger partial charge in [-0.3, -0.25) is 0 Å². The fourth-order valence-corrected chi connectivity index (χ4v) is 1.78. The van der Waals surface area contributed by atoms with Crippen LogP contribution in [-0.2, 0) is 0 Å². The summed E-state index contributed by atoms with van der Waals surface area (Å²) < 4.78 is 9.45. The second-order valence-electron chi connectivity index (χ2n) is 3.67. The largest absolute Gasteiger partial charge is 0.236 e. The smallest absolute Gasteiger partial charge is 0.163 e. The van der Waals surface area contributed by atoms with E-state index in [1.807, 2.05) is 35.7 Å². The fraction of sp³-hybridized carbons (Fsp3) is 0.0769. The molecule has 3 heteroatoms. The summed E-state index contributed by atoms with van der Waals surface area (Å²) in [7, 11) is 0. The van der Waals surface area contributed by atoms with Crippen molar-refractivity contribution in [2.45, 2.75) is 6.92 Å². The Hall–Kier alpha value is -2.16. The van der Waals surface area contributed by atoms with Crippen LogP contribution in [-0.4, -0.2) is 14.6 Å². The average molecular weight is 211 g/mol. The molecule has 0 N–H and O–H groups in total. The summed E-state index contributed by atoms with van der Waals surface area (Å²) in [6.07, 6.45) is 3.57. The Morgan fingerprint density at radius 3 is 3.06 bits per heavy atom. The first-order chi connectivity index (χ1) is 8.25. The highest BCUT2D eigenvalue weighted by molar-refractivity contribution is 5.76. The van der Waals surface area contributed by atoms with Crippen molar-refractivity contribution >= 4 is 5.65 Å². The van der Waals surface area contributed by atoms with E-state index in [1.165, 1.54) is 0 Å². The van der Waals surface area contributed by atoms with Gasteiger partial charge in [-0.1, -0.05) is 30.3 Å². The predicted molar refractivity (Wildman–Crippen MR) is 63.2 cm³/mol. The zero-order valence-corrected chi connectivity index (χ0v) is 8.88. The number of rotatable bonds is 1. The van der Waals surface area contributed by atoms with E-state index in [0.717, 1.165) is 22.5 Å². The molecule has 0 radical (unpaired) electrons. The van der Waals surface area contributed by atoms with Crippen molar-refractivity contribution < 1.29 is 1.37 Å². The van der Waals surface area contributed by atoms with E-state index >= 15 is 0 Å². The third kappa shape index (κ3) is 1.29. The van der Waals surface area contributed by atoms with Gasteiger partial charge in [0.25, 0.3) is 0 Å². The van der Waals surface area contributed by atoms with E-state index < -0.39 is 0 Å². The van der Waals surface area contributed by atoms with Crippen LogP contribution in [0.15, 0.2) is 48.8 Å². The number of hydrogen-bond acceptors (Lipinski definition) is 2. The molecule has 3 rings (SSSR count). The molecule has 0 fully saturated rings. The number of aromatic nitrogens is 3. The molecule has 0 amide bonds. The molecule has 0 aliphatic carbocycles. The molecule has 2 heterocycles. The molecular weight excluding hydrogens is 198 g/mol. The van der Waals surface area contributed by atoms with Crippen LogP contribution in [0.25, 0.3) is 16.8 Å². The van der Waals surface area contributed by atoms with Gasteiger partial charge in [-0.2, -0.15) is 5.10 Å². The van der Waals surface area contributed by atoms with Crippen molar-refractivity contribution in [3.8, 4) is 11.1 Å². The van der Waals surface area contributed by atoms with Gasteiger partial charge in [-0.25, -0.2) is 9.50 Å². The summed E-state index contributed by atoms with van der Waals surface area (Å²) in [5.74, 6) is 0. The molecule has 0 aliphatic rings. The Morgan fingerprint density at radius 1 is 1.25 bits per heavy atom. The third-order valence-electron chi connectivity index (χ3n) is 2.61. The monoisotopic (exact) mass is 211 g/mol. The van der Waals surface area contributed by atoms with Crippen LogP contribution in [0.4, 0.5) is 0 Å². The molecule has 0 bridgehead atoms. The molecule has 3 aromatic rings. The molecule has 2 aromatic heterocycles. The average Bonchev–Trinajstić information content (AvgIpc) is 2.74. The fourth-order valence-electron chi connectivity index (χ4n) is 1.78. The molecule has 0 saturated carbocycles. The molecule has 0 spiro atoms. The minimum Gasteiger partial charge on any atom is -0.236 e. The van der Waals surface area contributed by atoms with E-state index in [1.54, 1.807) is 18.5 Å². The maximum Gasteiger partial charge on any atom is 0.163 e. The Labute approximate surface area is 94.8 Å². The van der Waals surface area contributed by atoms with Gasteiger partial charge in [0.15, 0.2) is 5.65 Å². The number of benzene rings is 1. The van der Waals surface area contributed by atoms with Crippen molar-refractivity contribution in [2.75, 3.05) is 0 Å². The summed E-state index contributed by atoms with van der Waals surface area (Å²) in [5, 5.41) is 4.32. The van der Waals surface area contributed by atoms with E-state index in [-0.39, 0.29) is 0 Å². The van der Waals surface area contributed by atoms with E-state index in [9.17, 15) is 0 Å². The molecular formula is C13H11N3. The highest BCUT2D eigenvalue weighted by atomic mass is 15.2. The zero-order chi connectivity index (χ0) is 11.8. The highest BCUT2D eigenvalue weighted by Crippen LogP contribution is 2.22. The first kappa shape index (κ1) is 8.05. The van der Waals surface area contributed by atoms with Crippen molar-refractivity contribution in [3.63, 3.8) is 0 Å². The highest BCUT2D eigenvalue weighted by Gasteiger charge is 2.07. The summed E-state index contributed by atoms with van der Waals surface area (Å²) in [5.41, 5.74) is 3.81. The molecule has 78 valence electrons. The Balaban J connectivity index is 2.28.